The Hall–Kier alpha value is 0.100. The first kappa shape index (κ1) is 13.5. The summed E-state index contributed by atoms with van der Waals surface area (Å²) in [6.45, 7) is 1.82. The average Bonchev–Trinajstić information content (AvgIpc) is 2.23. The second-order valence-electron chi connectivity index (χ2n) is 5.63. The summed E-state index contributed by atoms with van der Waals surface area (Å²) in [6.07, 6.45) is 0.414. The zero-order chi connectivity index (χ0) is 12.5. The van der Waals surface area contributed by atoms with Crippen molar-refractivity contribution in [3.05, 3.63) is 0 Å². The van der Waals surface area contributed by atoms with Crippen LogP contribution in [-0.2, 0) is 0 Å². The minimum Gasteiger partial charge on any atom is -0.302 e. The second-order valence-corrected chi connectivity index (χ2v) is 5.94. The van der Waals surface area contributed by atoms with E-state index < -0.39 is 12.1 Å². The van der Waals surface area contributed by atoms with Crippen molar-refractivity contribution in [1.82, 2.24) is 4.90 Å². The average molecular weight is 267 g/mol. The van der Waals surface area contributed by atoms with Gasteiger partial charge in [0.1, 0.15) is 0 Å². The molecular formula is C12H20F3NS. The summed E-state index contributed by atoms with van der Waals surface area (Å²) in [7, 11) is 0. The number of hydrogen-bond acceptors (Lipinski definition) is 2. The van der Waals surface area contributed by atoms with Crippen molar-refractivity contribution in [3.63, 3.8) is 0 Å². The molecule has 2 aliphatic rings. The van der Waals surface area contributed by atoms with Gasteiger partial charge < -0.3 is 4.90 Å². The van der Waals surface area contributed by atoms with Crippen LogP contribution in [0.3, 0.4) is 0 Å². The van der Waals surface area contributed by atoms with Crippen LogP contribution < -0.4 is 0 Å². The molecule has 5 heteroatoms. The van der Waals surface area contributed by atoms with Gasteiger partial charge in [0.2, 0.25) is 0 Å². The van der Waals surface area contributed by atoms with Crippen molar-refractivity contribution >= 4 is 12.6 Å². The van der Waals surface area contributed by atoms with Gasteiger partial charge in [-0.25, -0.2) is 0 Å². The summed E-state index contributed by atoms with van der Waals surface area (Å²) in [6, 6.07) is 0. The first-order valence-corrected chi connectivity index (χ1v) is 6.98. The van der Waals surface area contributed by atoms with Crippen LogP contribution >= 0.6 is 12.6 Å². The maximum absolute atomic E-state index is 12.7. The molecule has 0 N–H and O–H groups in total. The lowest BCUT2D eigenvalue weighted by Crippen LogP contribution is -2.49. The third-order valence-electron chi connectivity index (χ3n) is 4.28. The standard InChI is InChI=1S/C12H20F3NS/c13-12(14,15)10-3-1-6-16(7-10)8-11(9-17)4-2-5-11/h10,17H,1-9H2. The molecule has 1 atom stereocenters. The molecule has 1 nitrogen and oxygen atoms in total. The highest BCUT2D eigenvalue weighted by Gasteiger charge is 2.44. The molecule has 2 rings (SSSR count). The Kier molecular flexibility index (Phi) is 3.98. The first-order chi connectivity index (χ1) is 7.95. The molecule has 0 aromatic carbocycles. The Labute approximate surface area is 106 Å². The molecule has 17 heavy (non-hydrogen) atoms. The van der Waals surface area contributed by atoms with Crippen molar-refractivity contribution in [2.75, 3.05) is 25.4 Å². The van der Waals surface area contributed by atoms with Crippen molar-refractivity contribution in [1.29, 1.82) is 0 Å². The van der Waals surface area contributed by atoms with Crippen LogP contribution in [0.25, 0.3) is 0 Å². The minimum absolute atomic E-state index is 0.193. The molecule has 0 aromatic heterocycles. The van der Waals surface area contributed by atoms with Gasteiger partial charge in [-0.3, -0.25) is 0 Å². The molecule has 1 heterocycles. The first-order valence-electron chi connectivity index (χ1n) is 6.35. The Bertz CT molecular complexity index is 257. The van der Waals surface area contributed by atoms with Crippen molar-refractivity contribution < 1.29 is 13.2 Å². The zero-order valence-electron chi connectivity index (χ0n) is 9.97. The van der Waals surface area contributed by atoms with Gasteiger partial charge in [0.05, 0.1) is 5.92 Å². The molecule has 1 aliphatic heterocycles. The highest BCUT2D eigenvalue weighted by molar-refractivity contribution is 7.80. The van der Waals surface area contributed by atoms with Crippen LogP contribution in [0.1, 0.15) is 32.1 Å². The van der Waals surface area contributed by atoms with E-state index in [-0.39, 0.29) is 12.0 Å². The van der Waals surface area contributed by atoms with E-state index in [1.807, 2.05) is 4.90 Å². The van der Waals surface area contributed by atoms with Gasteiger partial charge in [0.15, 0.2) is 0 Å². The van der Waals surface area contributed by atoms with Crippen LogP contribution in [0, 0.1) is 11.3 Å². The normalized spacial score (nSPS) is 30.0. The number of piperidine rings is 1. The van der Waals surface area contributed by atoms with E-state index >= 15 is 0 Å². The fourth-order valence-corrected chi connectivity index (χ4v) is 3.40. The predicted molar refractivity (Wildman–Crippen MR) is 65.4 cm³/mol. The third-order valence-corrected chi connectivity index (χ3v) is 4.95. The molecule has 0 bridgehead atoms. The van der Waals surface area contributed by atoms with Crippen LogP contribution in [-0.4, -0.2) is 36.5 Å². The van der Waals surface area contributed by atoms with Crippen molar-refractivity contribution in [2.45, 2.75) is 38.3 Å². The lowest BCUT2D eigenvalue weighted by Gasteiger charge is -2.46. The Balaban J connectivity index is 1.89. The fraction of sp³-hybridized carbons (Fsp3) is 1.00. The number of thiol groups is 1. The van der Waals surface area contributed by atoms with Gasteiger partial charge in [-0.05, 0) is 43.4 Å². The third kappa shape index (κ3) is 3.11. The summed E-state index contributed by atoms with van der Waals surface area (Å²) in [5.41, 5.74) is 0.205. The van der Waals surface area contributed by atoms with Gasteiger partial charge in [-0.2, -0.15) is 25.8 Å². The molecule has 100 valence electrons. The quantitative estimate of drug-likeness (QED) is 0.767. The summed E-state index contributed by atoms with van der Waals surface area (Å²) >= 11 is 4.36. The van der Waals surface area contributed by atoms with E-state index in [1.54, 1.807) is 0 Å². The molecule has 1 saturated heterocycles. The van der Waals surface area contributed by atoms with Gasteiger partial charge in [-0.15, -0.1) is 0 Å². The van der Waals surface area contributed by atoms with Gasteiger partial charge in [0.25, 0.3) is 0 Å². The summed E-state index contributed by atoms with van der Waals surface area (Å²) < 4.78 is 38.1. The highest BCUT2D eigenvalue weighted by Crippen LogP contribution is 2.43. The monoisotopic (exact) mass is 267 g/mol. The summed E-state index contributed by atoms with van der Waals surface area (Å²) in [5.74, 6) is -0.312. The van der Waals surface area contributed by atoms with Gasteiger partial charge in [-0.1, -0.05) is 6.42 Å². The highest BCUT2D eigenvalue weighted by atomic mass is 32.1. The lowest BCUT2D eigenvalue weighted by atomic mass is 9.69. The van der Waals surface area contributed by atoms with Crippen LogP contribution in [0.15, 0.2) is 0 Å². The van der Waals surface area contributed by atoms with Crippen LogP contribution in [0.2, 0.25) is 0 Å². The van der Waals surface area contributed by atoms with E-state index in [0.29, 0.717) is 12.8 Å². The number of alkyl halides is 3. The molecule has 2 fully saturated rings. The van der Waals surface area contributed by atoms with E-state index in [1.165, 1.54) is 6.42 Å². The van der Waals surface area contributed by atoms with E-state index in [0.717, 1.165) is 31.7 Å². The number of halogens is 3. The van der Waals surface area contributed by atoms with Crippen molar-refractivity contribution in [2.24, 2.45) is 11.3 Å². The summed E-state index contributed by atoms with van der Waals surface area (Å²) in [4.78, 5) is 2.01. The van der Waals surface area contributed by atoms with Crippen LogP contribution in [0.4, 0.5) is 13.2 Å². The number of nitrogens with zero attached hydrogens (tertiary/aromatic N) is 1. The topological polar surface area (TPSA) is 3.24 Å². The molecule has 0 spiro atoms. The number of rotatable bonds is 3. The molecule has 1 aliphatic carbocycles. The summed E-state index contributed by atoms with van der Waals surface area (Å²) in [5, 5.41) is 0. The number of likely N-dealkylation sites (tertiary alicyclic amines) is 1. The maximum Gasteiger partial charge on any atom is 0.393 e. The molecule has 1 unspecified atom stereocenters. The predicted octanol–water partition coefficient (Wildman–Crippen LogP) is 3.36. The van der Waals surface area contributed by atoms with Crippen LogP contribution in [0.5, 0.6) is 0 Å². The van der Waals surface area contributed by atoms with Crippen molar-refractivity contribution in [3.8, 4) is 0 Å². The molecule has 0 amide bonds. The fourth-order valence-electron chi connectivity index (χ4n) is 2.98. The Morgan fingerprint density at radius 2 is 1.94 bits per heavy atom. The Morgan fingerprint density at radius 1 is 1.24 bits per heavy atom. The van der Waals surface area contributed by atoms with Gasteiger partial charge >= 0.3 is 6.18 Å². The van der Waals surface area contributed by atoms with E-state index in [2.05, 4.69) is 12.6 Å². The largest absolute Gasteiger partial charge is 0.393 e. The molecular weight excluding hydrogens is 247 g/mol. The SMILES string of the molecule is FC(F)(F)C1CCCN(CC2(CS)CCC2)C1. The van der Waals surface area contributed by atoms with Gasteiger partial charge in [0, 0.05) is 13.1 Å². The lowest BCUT2D eigenvalue weighted by molar-refractivity contribution is -0.188. The maximum atomic E-state index is 12.7. The zero-order valence-corrected chi connectivity index (χ0v) is 10.9. The molecule has 1 saturated carbocycles. The smallest absolute Gasteiger partial charge is 0.302 e. The number of hydrogen-bond donors (Lipinski definition) is 1. The Morgan fingerprint density at radius 3 is 2.41 bits per heavy atom. The second kappa shape index (κ2) is 5.00. The molecule has 0 aromatic rings. The van der Waals surface area contributed by atoms with E-state index in [9.17, 15) is 13.2 Å². The van der Waals surface area contributed by atoms with E-state index in [4.69, 9.17) is 0 Å². The molecule has 0 radical (unpaired) electrons. The minimum atomic E-state index is -4.02.